The Hall–Kier alpha value is 2.28. The number of aliphatic carboxylic acids is 3. The van der Waals surface area contributed by atoms with Crippen molar-refractivity contribution in [1.29, 1.82) is 0 Å². The van der Waals surface area contributed by atoms with E-state index in [0.717, 1.165) is 0 Å². The number of hydrogen-bond donors (Lipinski definition) is 3. The van der Waals surface area contributed by atoms with E-state index in [2.05, 4.69) is 0 Å². The summed E-state index contributed by atoms with van der Waals surface area (Å²) in [4.78, 5) is 28.9. The quantitative estimate of drug-likeness (QED) is 0.265. The number of rotatable bonds is 0. The van der Waals surface area contributed by atoms with Gasteiger partial charge in [-0.05, 0) is 0 Å². The summed E-state index contributed by atoms with van der Waals surface area (Å²) in [5.74, 6) is -4.38. The van der Waals surface area contributed by atoms with E-state index in [1.807, 2.05) is 0 Å². The molecule has 0 atom stereocenters. The van der Waals surface area contributed by atoms with Crippen LogP contribution in [0.25, 0.3) is 0 Å². The zero-order chi connectivity index (χ0) is 18.2. The number of carboxylic acids is 3. The van der Waals surface area contributed by atoms with Crippen LogP contribution in [0, 0.1) is 37.7 Å². The third-order valence-electron chi connectivity index (χ3n) is 0.728. The Bertz CT molecular complexity index is 313. The molecule has 1 radical (unpaired) electrons. The molecule has 0 aliphatic carbocycles. The predicted molar refractivity (Wildman–Crippen MR) is 83.8 cm³/mol. The van der Waals surface area contributed by atoms with Crippen LogP contribution < -0.4 is 0 Å². The van der Waals surface area contributed by atoms with Gasteiger partial charge in [-0.25, -0.2) is 14.4 Å². The first-order chi connectivity index (χ1) is 8.83. The Balaban J connectivity index is -0.000000108. The van der Waals surface area contributed by atoms with E-state index in [9.17, 15) is 14.4 Å². The number of carboxylic acid groups (broad SMARTS) is 3. The molecule has 22 heavy (non-hydrogen) atoms. The molecule has 0 fully saturated rings. The van der Waals surface area contributed by atoms with Crippen LogP contribution in [0.2, 0.25) is 0 Å². The van der Waals surface area contributed by atoms with Gasteiger partial charge in [0, 0.05) is 37.7 Å². The molecule has 0 heterocycles. The second-order valence-corrected chi connectivity index (χ2v) is 9.25. The molecule has 0 aromatic rings. The number of halogens is 9. The third-order valence-corrected chi connectivity index (χ3v) is 2.18. The fourth-order valence-corrected chi connectivity index (χ4v) is 0. The maximum Gasteiger partial charge on any atom is 0.356 e. The van der Waals surface area contributed by atoms with Crippen LogP contribution in [0.3, 0.4) is 0 Å². The molecule has 137 valence electrons. The van der Waals surface area contributed by atoms with Crippen LogP contribution >= 0.6 is 104 Å². The predicted octanol–water partition coefficient (Wildman–Crippen LogP) is 4.32. The Morgan fingerprint density at radius 3 is 0.545 bits per heavy atom. The Labute approximate surface area is 198 Å². The molecular formula is C6H3Cl9HoO6. The Kier molecular flexibility index (Phi) is 19.6. The maximum absolute atomic E-state index is 9.62. The minimum atomic E-state index is -2.17. The second-order valence-electron chi connectivity index (χ2n) is 2.41. The van der Waals surface area contributed by atoms with Gasteiger partial charge in [0.15, 0.2) is 0 Å². The van der Waals surface area contributed by atoms with Gasteiger partial charge in [-0.1, -0.05) is 104 Å². The minimum absolute atomic E-state index is 0. The molecule has 0 bridgehead atoms. The van der Waals surface area contributed by atoms with Crippen molar-refractivity contribution in [1.82, 2.24) is 0 Å². The zero-order valence-corrected chi connectivity index (χ0v) is 18.0. The summed E-state index contributed by atoms with van der Waals surface area (Å²) in [7, 11) is 0. The van der Waals surface area contributed by atoms with E-state index in [1.54, 1.807) is 0 Å². The first-order valence-electron chi connectivity index (χ1n) is 3.73. The van der Waals surface area contributed by atoms with E-state index >= 15 is 0 Å². The summed E-state index contributed by atoms with van der Waals surface area (Å²) in [5.41, 5.74) is 0. The zero-order valence-electron chi connectivity index (χ0n) is 9.27. The molecule has 6 nitrogen and oxygen atoms in total. The van der Waals surface area contributed by atoms with Crippen molar-refractivity contribution >= 4 is 122 Å². The average Bonchev–Trinajstić information content (AvgIpc) is 2.14. The Morgan fingerprint density at radius 2 is 0.545 bits per heavy atom. The van der Waals surface area contributed by atoms with Crippen LogP contribution in [0.15, 0.2) is 0 Å². The van der Waals surface area contributed by atoms with E-state index in [4.69, 9.17) is 120 Å². The van der Waals surface area contributed by atoms with Crippen molar-refractivity contribution in [3.05, 3.63) is 0 Å². The van der Waals surface area contributed by atoms with Crippen molar-refractivity contribution in [2.45, 2.75) is 11.4 Å². The molecule has 0 rings (SSSR count). The summed E-state index contributed by atoms with van der Waals surface area (Å²) >= 11 is 43.2. The van der Waals surface area contributed by atoms with Crippen molar-refractivity contribution in [2.75, 3.05) is 0 Å². The monoisotopic (exact) mass is 651 g/mol. The summed E-state index contributed by atoms with van der Waals surface area (Å²) < 4.78 is -6.50. The van der Waals surface area contributed by atoms with Gasteiger partial charge in [0.25, 0.3) is 11.4 Å². The number of hydrogen-bond acceptors (Lipinski definition) is 3. The van der Waals surface area contributed by atoms with Gasteiger partial charge >= 0.3 is 17.9 Å². The van der Waals surface area contributed by atoms with Gasteiger partial charge in [0.05, 0.1) is 0 Å². The van der Waals surface area contributed by atoms with Gasteiger partial charge in [-0.2, -0.15) is 0 Å². The molecule has 0 aromatic heterocycles. The number of carbonyl (C=O) groups is 3. The minimum Gasteiger partial charge on any atom is -0.478 e. The van der Waals surface area contributed by atoms with Crippen molar-refractivity contribution in [3.63, 3.8) is 0 Å². The molecule has 0 amide bonds. The van der Waals surface area contributed by atoms with Crippen LogP contribution in [-0.4, -0.2) is 44.6 Å². The molecule has 0 aromatic carbocycles. The molecule has 0 aliphatic heterocycles. The van der Waals surface area contributed by atoms with Gasteiger partial charge in [0.1, 0.15) is 0 Å². The van der Waals surface area contributed by atoms with Gasteiger partial charge in [0.2, 0.25) is 0 Å². The Morgan fingerprint density at radius 1 is 0.500 bits per heavy atom. The fourth-order valence-electron chi connectivity index (χ4n) is 0. The summed E-state index contributed by atoms with van der Waals surface area (Å²) in [6, 6.07) is 0. The number of alkyl halides is 9. The largest absolute Gasteiger partial charge is 0.478 e. The van der Waals surface area contributed by atoms with E-state index < -0.39 is 29.3 Å². The SMILES string of the molecule is O=C(O)C(Cl)(Cl)Cl.O=C(O)C(Cl)(Cl)Cl.O=C(O)C(Cl)(Cl)Cl.[Ho]. The van der Waals surface area contributed by atoms with Gasteiger partial charge in [-0.3, -0.25) is 0 Å². The first-order valence-corrected chi connectivity index (χ1v) is 7.14. The van der Waals surface area contributed by atoms with E-state index in [-0.39, 0.29) is 37.7 Å². The van der Waals surface area contributed by atoms with Crippen LogP contribution in [0.5, 0.6) is 0 Å². The van der Waals surface area contributed by atoms with Crippen molar-refractivity contribution < 1.29 is 67.4 Å². The van der Waals surface area contributed by atoms with Gasteiger partial charge < -0.3 is 15.3 Å². The van der Waals surface area contributed by atoms with Gasteiger partial charge in [-0.15, -0.1) is 0 Å². The molecule has 3 N–H and O–H groups in total. The van der Waals surface area contributed by atoms with Crippen LogP contribution in [0.4, 0.5) is 0 Å². The maximum atomic E-state index is 9.62. The molecule has 0 aliphatic rings. The van der Waals surface area contributed by atoms with Crippen molar-refractivity contribution in [3.8, 4) is 0 Å². The first kappa shape index (κ1) is 32.0. The van der Waals surface area contributed by atoms with E-state index in [0.29, 0.717) is 0 Å². The third kappa shape index (κ3) is 24.5. The van der Waals surface area contributed by atoms with Crippen LogP contribution in [-0.2, 0) is 14.4 Å². The van der Waals surface area contributed by atoms with Crippen molar-refractivity contribution in [2.24, 2.45) is 0 Å². The summed E-state index contributed by atoms with van der Waals surface area (Å²) in [6.07, 6.45) is 0. The summed E-state index contributed by atoms with van der Waals surface area (Å²) in [6.45, 7) is 0. The standard InChI is InChI=1S/3C2HCl3O2.Ho/c3*3-2(4,5)1(6)7;/h3*(H,6,7);. The van der Waals surface area contributed by atoms with Crippen LogP contribution in [0.1, 0.15) is 0 Å². The van der Waals surface area contributed by atoms with E-state index in [1.165, 1.54) is 0 Å². The second kappa shape index (κ2) is 13.5. The normalized spacial score (nSPS) is 10.8. The average molecular weight is 655 g/mol. The molecule has 0 saturated carbocycles. The molecule has 0 saturated heterocycles. The molecular weight excluding hydrogens is 652 g/mol. The molecule has 0 unspecified atom stereocenters. The molecule has 16 heteroatoms. The fraction of sp³-hybridized carbons (Fsp3) is 0.500. The summed E-state index contributed by atoms with van der Waals surface area (Å²) in [5, 5.41) is 23.6. The topological polar surface area (TPSA) is 112 Å². The smallest absolute Gasteiger partial charge is 0.356 e. The molecule has 0 spiro atoms.